The number of carbonyl (C=O) groups excluding carboxylic acids is 2. The summed E-state index contributed by atoms with van der Waals surface area (Å²) in [5.41, 5.74) is -1.03. The molecule has 0 rings (SSSR count). The maximum absolute atomic E-state index is 9.78. The van der Waals surface area contributed by atoms with Crippen LogP contribution in [0.3, 0.4) is 0 Å². The maximum Gasteiger partial charge on any atom is 0.404 e. The molecule has 0 unspecified atom stereocenters. The minimum atomic E-state index is -1.03. The van der Waals surface area contributed by atoms with Crippen LogP contribution in [0.2, 0.25) is 0 Å². The Morgan fingerprint density at radius 1 is 1.20 bits per heavy atom. The molecule has 3 nitrogen and oxygen atoms in total. The number of rotatable bonds is 2. The van der Waals surface area contributed by atoms with E-state index < -0.39 is 17.3 Å². The van der Waals surface area contributed by atoms with Crippen LogP contribution < -0.4 is 0 Å². The molecule has 0 spiro atoms. The molecule has 0 N–H and O–H groups in total. The molecule has 0 saturated carbocycles. The van der Waals surface area contributed by atoms with E-state index in [0.717, 1.165) is 0 Å². The molecule has 0 heterocycles. The van der Waals surface area contributed by atoms with Crippen LogP contribution >= 0.6 is 23.2 Å². The SMILES string of the molecule is C.C.O=C(Cl)COC(=O)Cl. The lowest BCUT2D eigenvalue weighted by atomic mass is 10.8. The maximum atomic E-state index is 9.78. The van der Waals surface area contributed by atoms with Crippen molar-refractivity contribution in [2.75, 3.05) is 6.61 Å². The van der Waals surface area contributed by atoms with E-state index in [1.54, 1.807) is 0 Å². The number of hydrogen-bond donors (Lipinski definition) is 0. The highest BCUT2D eigenvalue weighted by Crippen LogP contribution is 1.88. The summed E-state index contributed by atoms with van der Waals surface area (Å²) in [7, 11) is 0. The molecule has 0 aliphatic rings. The van der Waals surface area contributed by atoms with Crippen LogP contribution in [0.15, 0.2) is 0 Å². The average molecular weight is 189 g/mol. The first kappa shape index (κ1) is 16.4. The predicted octanol–water partition coefficient (Wildman–Crippen LogP) is 2.40. The van der Waals surface area contributed by atoms with Gasteiger partial charge in [0.1, 0.15) is 0 Å². The second-order valence-corrected chi connectivity index (χ2v) is 1.61. The third-order valence-corrected chi connectivity index (χ3v) is 0.517. The van der Waals surface area contributed by atoms with Crippen molar-refractivity contribution in [2.45, 2.75) is 14.9 Å². The van der Waals surface area contributed by atoms with E-state index in [1.165, 1.54) is 0 Å². The Labute approximate surface area is 70.3 Å². The van der Waals surface area contributed by atoms with E-state index in [9.17, 15) is 9.59 Å². The Hall–Kier alpha value is -0.280. The first-order valence-corrected chi connectivity index (χ1v) is 2.39. The summed E-state index contributed by atoms with van der Waals surface area (Å²) in [6.07, 6.45) is 0. The van der Waals surface area contributed by atoms with Gasteiger partial charge < -0.3 is 4.74 Å². The molecule has 0 aromatic rings. The summed E-state index contributed by atoms with van der Waals surface area (Å²) >= 11 is 9.40. The highest BCUT2D eigenvalue weighted by Gasteiger charge is 1.98. The van der Waals surface area contributed by atoms with E-state index in [-0.39, 0.29) is 14.9 Å². The van der Waals surface area contributed by atoms with Crippen molar-refractivity contribution in [3.63, 3.8) is 0 Å². The second-order valence-electron chi connectivity index (χ2n) is 0.881. The average Bonchev–Trinajstić information content (AvgIpc) is 1.61. The van der Waals surface area contributed by atoms with Crippen molar-refractivity contribution in [3.8, 4) is 0 Å². The highest BCUT2D eigenvalue weighted by molar-refractivity contribution is 6.64. The molecule has 0 saturated heterocycles. The normalized spacial score (nSPS) is 6.60. The molecule has 0 aliphatic carbocycles. The second kappa shape index (κ2) is 8.72. The van der Waals surface area contributed by atoms with Crippen LogP contribution in [-0.4, -0.2) is 17.3 Å². The quantitative estimate of drug-likeness (QED) is 0.626. The summed E-state index contributed by atoms with van der Waals surface area (Å²) in [6.45, 7) is -0.468. The van der Waals surface area contributed by atoms with Gasteiger partial charge in [0.15, 0.2) is 6.61 Å². The Kier molecular flexibility index (Phi) is 14.3. The lowest BCUT2D eigenvalue weighted by Gasteiger charge is -1.89. The zero-order valence-electron chi connectivity index (χ0n) is 3.69. The summed E-state index contributed by atoms with van der Waals surface area (Å²) in [6, 6.07) is 0. The first-order valence-electron chi connectivity index (χ1n) is 1.63. The van der Waals surface area contributed by atoms with E-state index in [1.807, 2.05) is 0 Å². The molecule has 0 amide bonds. The third-order valence-electron chi connectivity index (χ3n) is 0.299. The smallest absolute Gasteiger partial charge is 0.404 e. The fraction of sp³-hybridized carbons (Fsp3) is 0.600. The molecule has 0 atom stereocenters. The van der Waals surface area contributed by atoms with Gasteiger partial charge in [-0.1, -0.05) is 14.9 Å². The number of carbonyl (C=O) groups is 2. The summed E-state index contributed by atoms with van der Waals surface area (Å²) < 4.78 is 3.95. The van der Waals surface area contributed by atoms with Gasteiger partial charge in [0, 0.05) is 11.6 Å². The molecule has 0 aromatic carbocycles. The summed E-state index contributed by atoms with van der Waals surface area (Å²) in [5, 5.41) is -0.751. The number of hydrogen-bond acceptors (Lipinski definition) is 3. The van der Waals surface area contributed by atoms with Crippen LogP contribution in [-0.2, 0) is 9.53 Å². The van der Waals surface area contributed by atoms with Crippen molar-refractivity contribution < 1.29 is 14.3 Å². The Morgan fingerprint density at radius 3 is 1.70 bits per heavy atom. The van der Waals surface area contributed by atoms with Crippen molar-refractivity contribution in [1.29, 1.82) is 0 Å². The largest absolute Gasteiger partial charge is 0.444 e. The zero-order valence-corrected chi connectivity index (χ0v) is 5.20. The van der Waals surface area contributed by atoms with Crippen molar-refractivity contribution in [3.05, 3.63) is 0 Å². The molecular formula is C5H10Cl2O3. The lowest BCUT2D eigenvalue weighted by Crippen LogP contribution is -2.02. The fourth-order valence-electron chi connectivity index (χ4n) is 0.113. The molecule has 0 bridgehead atoms. The van der Waals surface area contributed by atoms with Crippen LogP contribution in [0.5, 0.6) is 0 Å². The van der Waals surface area contributed by atoms with Gasteiger partial charge in [0.05, 0.1) is 0 Å². The van der Waals surface area contributed by atoms with Gasteiger partial charge in [-0.2, -0.15) is 0 Å². The van der Waals surface area contributed by atoms with Gasteiger partial charge in [0.25, 0.3) is 5.24 Å². The monoisotopic (exact) mass is 188 g/mol. The topological polar surface area (TPSA) is 43.4 Å². The van der Waals surface area contributed by atoms with E-state index >= 15 is 0 Å². The Balaban J connectivity index is -0.000000245. The molecule has 10 heavy (non-hydrogen) atoms. The molecule has 0 aromatic heterocycles. The third kappa shape index (κ3) is 15.6. The highest BCUT2D eigenvalue weighted by atomic mass is 35.5. The minimum Gasteiger partial charge on any atom is -0.444 e. The van der Waals surface area contributed by atoms with E-state index in [4.69, 9.17) is 11.6 Å². The van der Waals surface area contributed by atoms with Gasteiger partial charge in [-0.3, -0.25) is 4.79 Å². The van der Waals surface area contributed by atoms with Crippen molar-refractivity contribution in [2.24, 2.45) is 0 Å². The molecule has 5 heteroatoms. The Bertz CT molecular complexity index is 99.5. The minimum absolute atomic E-state index is 0. The molecular weight excluding hydrogens is 179 g/mol. The lowest BCUT2D eigenvalue weighted by molar-refractivity contribution is -0.114. The van der Waals surface area contributed by atoms with Gasteiger partial charge in [0.2, 0.25) is 0 Å². The molecule has 0 radical (unpaired) electrons. The number of ether oxygens (including phenoxy) is 1. The van der Waals surface area contributed by atoms with Crippen molar-refractivity contribution >= 4 is 33.9 Å². The zero-order chi connectivity index (χ0) is 6.57. The molecule has 0 fully saturated rings. The Morgan fingerprint density at radius 2 is 1.60 bits per heavy atom. The predicted molar refractivity (Wildman–Crippen MR) is 41.5 cm³/mol. The van der Waals surface area contributed by atoms with Gasteiger partial charge in [-0.05, 0) is 11.6 Å². The van der Waals surface area contributed by atoms with E-state index in [2.05, 4.69) is 16.3 Å². The fourth-order valence-corrected chi connectivity index (χ4v) is 0.223. The van der Waals surface area contributed by atoms with Crippen LogP contribution in [0, 0.1) is 0 Å². The van der Waals surface area contributed by atoms with E-state index in [0.29, 0.717) is 0 Å². The van der Waals surface area contributed by atoms with Crippen LogP contribution in [0.4, 0.5) is 4.79 Å². The van der Waals surface area contributed by atoms with Gasteiger partial charge in [-0.15, -0.1) is 0 Å². The summed E-state index contributed by atoms with van der Waals surface area (Å²) in [5.74, 6) is 0. The standard InChI is InChI=1S/C3H2Cl2O3.2CH4/c4-2(6)1-8-3(5)7;;/h1H2;2*1H4. The van der Waals surface area contributed by atoms with Gasteiger partial charge in [-0.25, -0.2) is 4.79 Å². The molecule has 62 valence electrons. The first-order chi connectivity index (χ1) is 3.63. The summed E-state index contributed by atoms with van der Waals surface area (Å²) in [4.78, 5) is 19.5. The van der Waals surface area contributed by atoms with Crippen LogP contribution in [0.25, 0.3) is 0 Å². The van der Waals surface area contributed by atoms with Crippen LogP contribution in [0.1, 0.15) is 14.9 Å². The molecule has 0 aliphatic heterocycles. The number of halogens is 2. The van der Waals surface area contributed by atoms with Crippen molar-refractivity contribution in [1.82, 2.24) is 0 Å². The van der Waals surface area contributed by atoms with Gasteiger partial charge >= 0.3 is 5.43 Å².